The number of likely N-dealkylation sites (N-methyl/N-ethyl adjacent to an activating group) is 1. The number of hydrogen-bond acceptors (Lipinski definition) is 5. The molecule has 2 rings (SSSR count). The molecule has 7 nitrogen and oxygen atoms in total. The van der Waals surface area contributed by atoms with Gasteiger partial charge in [-0.25, -0.2) is 4.79 Å². The zero-order valence-corrected chi connectivity index (χ0v) is 14.5. The highest BCUT2D eigenvalue weighted by Crippen LogP contribution is 2.16. The summed E-state index contributed by atoms with van der Waals surface area (Å²) in [6, 6.07) is 6.54. The molecule has 0 aliphatic heterocycles. The van der Waals surface area contributed by atoms with Crippen LogP contribution in [0.4, 0.5) is 4.79 Å². The molecule has 2 amide bonds. The summed E-state index contributed by atoms with van der Waals surface area (Å²) >= 11 is 0. The molecule has 24 heavy (non-hydrogen) atoms. The van der Waals surface area contributed by atoms with Gasteiger partial charge in [0, 0.05) is 20.0 Å². The van der Waals surface area contributed by atoms with E-state index in [-0.39, 0.29) is 23.9 Å². The summed E-state index contributed by atoms with van der Waals surface area (Å²) in [5.74, 6) is 1.20. The van der Waals surface area contributed by atoms with E-state index in [0.717, 1.165) is 5.56 Å². The standard InChI is InChI=1S/C17H24N4O3/c1-5-15(16-18-12(3)24-20-16)19-17(23)21(4)11(2)10-13-6-8-14(22)9-7-13/h6-9,11,15,22H,5,10H2,1-4H3,(H,19,23)/t11-,15-/m1/s1. The first-order valence-electron chi connectivity index (χ1n) is 8.02. The van der Waals surface area contributed by atoms with Gasteiger partial charge in [0.1, 0.15) is 5.75 Å². The van der Waals surface area contributed by atoms with Crippen molar-refractivity contribution in [1.29, 1.82) is 0 Å². The lowest BCUT2D eigenvalue weighted by atomic mass is 10.1. The highest BCUT2D eigenvalue weighted by molar-refractivity contribution is 5.74. The van der Waals surface area contributed by atoms with Crippen molar-refractivity contribution >= 4 is 6.03 Å². The van der Waals surface area contributed by atoms with Crippen molar-refractivity contribution in [3.8, 4) is 5.75 Å². The molecule has 2 N–H and O–H groups in total. The number of benzene rings is 1. The number of phenols is 1. The molecule has 2 atom stereocenters. The fourth-order valence-electron chi connectivity index (χ4n) is 2.37. The van der Waals surface area contributed by atoms with Crippen molar-refractivity contribution < 1.29 is 14.4 Å². The molecule has 0 spiro atoms. The first-order valence-corrected chi connectivity index (χ1v) is 8.02. The van der Waals surface area contributed by atoms with Gasteiger partial charge in [-0.2, -0.15) is 4.98 Å². The average Bonchev–Trinajstić information content (AvgIpc) is 3.00. The Kier molecular flexibility index (Phi) is 5.78. The van der Waals surface area contributed by atoms with Crippen LogP contribution < -0.4 is 5.32 Å². The molecule has 0 aliphatic rings. The summed E-state index contributed by atoms with van der Waals surface area (Å²) < 4.78 is 4.98. The fourth-order valence-corrected chi connectivity index (χ4v) is 2.37. The number of aryl methyl sites for hydroxylation is 1. The monoisotopic (exact) mass is 332 g/mol. The van der Waals surface area contributed by atoms with E-state index in [2.05, 4.69) is 15.5 Å². The maximum atomic E-state index is 12.5. The van der Waals surface area contributed by atoms with E-state index in [4.69, 9.17) is 4.52 Å². The van der Waals surface area contributed by atoms with Gasteiger partial charge in [0.25, 0.3) is 0 Å². The number of phenolic OH excluding ortho intramolecular Hbond substituents is 1. The van der Waals surface area contributed by atoms with Gasteiger partial charge in [-0.1, -0.05) is 24.2 Å². The molecule has 0 radical (unpaired) electrons. The van der Waals surface area contributed by atoms with Crippen LogP contribution in [0.15, 0.2) is 28.8 Å². The van der Waals surface area contributed by atoms with Gasteiger partial charge in [0.05, 0.1) is 6.04 Å². The molecular weight excluding hydrogens is 308 g/mol. The number of carbonyl (C=O) groups is 1. The van der Waals surface area contributed by atoms with Gasteiger partial charge in [-0.05, 0) is 37.5 Å². The predicted octanol–water partition coefficient (Wildman–Crippen LogP) is 2.81. The molecule has 0 unspecified atom stereocenters. The Hall–Kier alpha value is -2.57. The summed E-state index contributed by atoms with van der Waals surface area (Å²) in [5, 5.41) is 16.1. The second kappa shape index (κ2) is 7.81. The topological polar surface area (TPSA) is 91.5 Å². The Morgan fingerprint density at radius 1 is 1.38 bits per heavy atom. The van der Waals surface area contributed by atoms with Crippen molar-refractivity contribution in [2.45, 2.75) is 45.7 Å². The lowest BCUT2D eigenvalue weighted by Gasteiger charge is -2.27. The van der Waals surface area contributed by atoms with Crippen molar-refractivity contribution in [3.05, 3.63) is 41.5 Å². The van der Waals surface area contributed by atoms with E-state index in [1.807, 2.05) is 26.0 Å². The van der Waals surface area contributed by atoms with E-state index in [9.17, 15) is 9.90 Å². The largest absolute Gasteiger partial charge is 0.508 e. The number of urea groups is 1. The van der Waals surface area contributed by atoms with Gasteiger partial charge >= 0.3 is 6.03 Å². The third-order valence-electron chi connectivity index (χ3n) is 4.01. The quantitative estimate of drug-likeness (QED) is 0.848. The summed E-state index contributed by atoms with van der Waals surface area (Å²) in [5.41, 5.74) is 1.06. The molecule has 1 heterocycles. The normalized spacial score (nSPS) is 13.3. The van der Waals surface area contributed by atoms with E-state index in [0.29, 0.717) is 24.6 Å². The summed E-state index contributed by atoms with van der Waals surface area (Å²) in [7, 11) is 1.76. The van der Waals surface area contributed by atoms with Crippen LogP contribution in [0.5, 0.6) is 5.75 Å². The fraction of sp³-hybridized carbons (Fsp3) is 0.471. The molecule has 0 saturated heterocycles. The zero-order valence-electron chi connectivity index (χ0n) is 14.5. The van der Waals surface area contributed by atoms with Crippen LogP contribution in [-0.4, -0.2) is 39.3 Å². The minimum atomic E-state index is -0.279. The highest BCUT2D eigenvalue weighted by Gasteiger charge is 2.22. The van der Waals surface area contributed by atoms with E-state index < -0.39 is 0 Å². The number of nitrogens with zero attached hydrogens (tertiary/aromatic N) is 3. The van der Waals surface area contributed by atoms with Crippen LogP contribution in [0.1, 0.15) is 43.6 Å². The summed E-state index contributed by atoms with van der Waals surface area (Å²) in [6.45, 7) is 5.65. The second-order valence-corrected chi connectivity index (χ2v) is 5.91. The Morgan fingerprint density at radius 3 is 2.58 bits per heavy atom. The predicted molar refractivity (Wildman–Crippen MR) is 89.6 cm³/mol. The number of nitrogens with one attached hydrogen (secondary N) is 1. The SMILES string of the molecule is CC[C@@H](NC(=O)N(C)[C@H](C)Cc1ccc(O)cc1)c1noc(C)n1. The third-order valence-corrected chi connectivity index (χ3v) is 4.01. The van der Waals surface area contributed by atoms with Crippen LogP contribution in [-0.2, 0) is 6.42 Å². The van der Waals surface area contributed by atoms with Gasteiger partial charge in [0.2, 0.25) is 5.89 Å². The van der Waals surface area contributed by atoms with Crippen LogP contribution in [0.25, 0.3) is 0 Å². The molecule has 7 heteroatoms. The smallest absolute Gasteiger partial charge is 0.317 e. The lowest BCUT2D eigenvalue weighted by Crippen LogP contribution is -2.44. The first kappa shape index (κ1) is 17.8. The first-order chi connectivity index (χ1) is 11.4. The number of aromatic nitrogens is 2. The molecule has 1 aromatic carbocycles. The number of amides is 2. The third kappa shape index (κ3) is 4.47. The van der Waals surface area contributed by atoms with Crippen LogP contribution in [0, 0.1) is 6.92 Å². The summed E-state index contributed by atoms with van der Waals surface area (Å²) in [4.78, 5) is 18.3. The van der Waals surface area contributed by atoms with Crippen LogP contribution in [0.2, 0.25) is 0 Å². The number of aromatic hydroxyl groups is 1. The highest BCUT2D eigenvalue weighted by atomic mass is 16.5. The minimum Gasteiger partial charge on any atom is -0.508 e. The summed E-state index contributed by atoms with van der Waals surface area (Å²) in [6.07, 6.45) is 1.37. The average molecular weight is 332 g/mol. The number of carbonyl (C=O) groups excluding carboxylic acids is 1. The second-order valence-electron chi connectivity index (χ2n) is 5.91. The minimum absolute atomic E-state index is 0.000877. The van der Waals surface area contributed by atoms with Gasteiger partial charge in [-0.3, -0.25) is 0 Å². The Balaban J connectivity index is 1.95. The maximum absolute atomic E-state index is 12.5. The Morgan fingerprint density at radius 2 is 2.04 bits per heavy atom. The Bertz CT molecular complexity index is 669. The van der Waals surface area contributed by atoms with Crippen LogP contribution >= 0.6 is 0 Å². The molecule has 0 bridgehead atoms. The lowest BCUT2D eigenvalue weighted by molar-refractivity contribution is 0.188. The maximum Gasteiger partial charge on any atom is 0.317 e. The molecule has 130 valence electrons. The molecular formula is C17H24N4O3. The molecule has 0 aliphatic carbocycles. The number of hydrogen-bond donors (Lipinski definition) is 2. The van der Waals surface area contributed by atoms with E-state index in [1.165, 1.54) is 0 Å². The van der Waals surface area contributed by atoms with Gasteiger partial charge < -0.3 is 19.8 Å². The van der Waals surface area contributed by atoms with Gasteiger partial charge in [0.15, 0.2) is 5.82 Å². The molecule has 0 saturated carbocycles. The van der Waals surface area contributed by atoms with Crippen molar-refractivity contribution in [2.75, 3.05) is 7.05 Å². The van der Waals surface area contributed by atoms with E-state index >= 15 is 0 Å². The molecule has 1 aromatic heterocycles. The van der Waals surface area contributed by atoms with Crippen molar-refractivity contribution in [2.24, 2.45) is 0 Å². The zero-order chi connectivity index (χ0) is 17.7. The molecule has 2 aromatic rings. The van der Waals surface area contributed by atoms with Crippen molar-refractivity contribution in [1.82, 2.24) is 20.4 Å². The Labute approximate surface area is 141 Å². The van der Waals surface area contributed by atoms with E-state index in [1.54, 1.807) is 31.0 Å². The van der Waals surface area contributed by atoms with Crippen molar-refractivity contribution in [3.63, 3.8) is 0 Å². The van der Waals surface area contributed by atoms with Gasteiger partial charge in [-0.15, -0.1) is 0 Å². The van der Waals surface area contributed by atoms with Crippen LogP contribution in [0.3, 0.4) is 0 Å². The number of rotatable bonds is 6. The molecule has 0 fully saturated rings.